The van der Waals surface area contributed by atoms with Gasteiger partial charge in [-0.1, -0.05) is 0 Å². The van der Waals surface area contributed by atoms with Gasteiger partial charge in [0.2, 0.25) is 5.95 Å². The van der Waals surface area contributed by atoms with Crippen LogP contribution in [0.2, 0.25) is 0 Å². The van der Waals surface area contributed by atoms with E-state index in [2.05, 4.69) is 40.5 Å². The Hall–Kier alpha value is -3.73. The maximum Gasteiger partial charge on any atom is 0.269 e. The maximum atomic E-state index is 11.8. The molecule has 4 rings (SSSR count). The molecule has 3 aromatic heterocycles. The van der Waals surface area contributed by atoms with Crippen LogP contribution in [0.15, 0.2) is 35.3 Å². The third-order valence-corrected chi connectivity index (χ3v) is 5.51. The van der Waals surface area contributed by atoms with E-state index in [0.29, 0.717) is 17.5 Å². The summed E-state index contributed by atoms with van der Waals surface area (Å²) in [6.07, 6.45) is 1.45. The molecule has 1 fully saturated rings. The van der Waals surface area contributed by atoms with Crippen molar-refractivity contribution in [2.45, 2.75) is 13.5 Å². The summed E-state index contributed by atoms with van der Waals surface area (Å²) in [6, 6.07) is 7.07. The van der Waals surface area contributed by atoms with Crippen LogP contribution in [0.25, 0.3) is 0 Å². The van der Waals surface area contributed by atoms with Crippen molar-refractivity contribution in [2.75, 3.05) is 43.4 Å². The zero-order valence-corrected chi connectivity index (χ0v) is 18.4. The van der Waals surface area contributed by atoms with Crippen LogP contribution in [0.3, 0.4) is 0 Å². The number of nitrogens with zero attached hydrogens (tertiary/aromatic N) is 6. The van der Waals surface area contributed by atoms with Gasteiger partial charge in [-0.2, -0.15) is 5.10 Å². The number of hydrogen-bond donors (Lipinski definition) is 3. The highest BCUT2D eigenvalue weighted by atomic mass is 16.1. The van der Waals surface area contributed by atoms with Crippen molar-refractivity contribution in [1.29, 1.82) is 0 Å². The van der Waals surface area contributed by atoms with E-state index in [-0.39, 0.29) is 11.5 Å². The molecule has 168 valence electrons. The van der Waals surface area contributed by atoms with E-state index in [9.17, 15) is 9.59 Å². The molecule has 1 saturated heterocycles. The summed E-state index contributed by atoms with van der Waals surface area (Å²) in [5, 5.41) is 10.1. The number of pyridine rings is 1. The number of aryl methyl sites for hydroxylation is 2. The molecule has 0 unspecified atom stereocenters. The molecule has 4 heterocycles. The standard InChI is InChI=1S/C21H27N9O2/c1-14-17(5-4-16(24-14)20(32)22-2)30-10-8-29(9-11-30)13-15-12-18(27-28(15)3)25-21-23-7-6-19(31)26-21/h4-7,12H,8-11,13H2,1-3H3,(H,22,32)(H2,23,25,26,27,31). The Bertz CT molecular complexity index is 1160. The maximum absolute atomic E-state index is 11.8. The van der Waals surface area contributed by atoms with Gasteiger partial charge in [0.1, 0.15) is 5.69 Å². The van der Waals surface area contributed by atoms with Crippen molar-refractivity contribution in [2.24, 2.45) is 7.05 Å². The number of rotatable bonds is 6. The first kappa shape index (κ1) is 21.5. The molecule has 11 heteroatoms. The number of anilines is 3. The molecule has 0 aromatic carbocycles. The summed E-state index contributed by atoms with van der Waals surface area (Å²) in [5.74, 6) is 0.819. The molecule has 1 amide bonds. The summed E-state index contributed by atoms with van der Waals surface area (Å²) in [5.41, 5.74) is 3.20. The summed E-state index contributed by atoms with van der Waals surface area (Å²) < 4.78 is 1.83. The lowest BCUT2D eigenvalue weighted by Gasteiger charge is -2.36. The molecule has 0 spiro atoms. The summed E-state index contributed by atoms with van der Waals surface area (Å²) in [7, 11) is 3.51. The van der Waals surface area contributed by atoms with Crippen LogP contribution in [0, 0.1) is 6.92 Å². The zero-order chi connectivity index (χ0) is 22.7. The summed E-state index contributed by atoms with van der Waals surface area (Å²) >= 11 is 0. The second kappa shape index (κ2) is 9.18. The monoisotopic (exact) mass is 437 g/mol. The average Bonchev–Trinajstić information content (AvgIpc) is 3.12. The molecular weight excluding hydrogens is 410 g/mol. The fourth-order valence-electron chi connectivity index (χ4n) is 3.79. The van der Waals surface area contributed by atoms with Crippen LogP contribution in [-0.2, 0) is 13.6 Å². The van der Waals surface area contributed by atoms with Crippen molar-refractivity contribution in [3.05, 3.63) is 57.9 Å². The Morgan fingerprint density at radius 3 is 2.66 bits per heavy atom. The number of aromatic amines is 1. The van der Waals surface area contributed by atoms with Crippen LogP contribution < -0.4 is 21.1 Å². The lowest BCUT2D eigenvalue weighted by atomic mass is 10.2. The second-order valence-electron chi connectivity index (χ2n) is 7.70. The van der Waals surface area contributed by atoms with Gasteiger partial charge >= 0.3 is 0 Å². The van der Waals surface area contributed by atoms with Crippen LogP contribution in [0.5, 0.6) is 0 Å². The van der Waals surface area contributed by atoms with E-state index >= 15 is 0 Å². The minimum absolute atomic E-state index is 0.177. The second-order valence-corrected chi connectivity index (χ2v) is 7.70. The van der Waals surface area contributed by atoms with Crippen molar-refractivity contribution in [3.8, 4) is 0 Å². The Morgan fingerprint density at radius 2 is 1.97 bits per heavy atom. The Kier molecular flexibility index (Phi) is 6.17. The lowest BCUT2D eigenvalue weighted by molar-refractivity contribution is 0.0958. The molecule has 32 heavy (non-hydrogen) atoms. The molecule has 0 atom stereocenters. The largest absolute Gasteiger partial charge is 0.368 e. The van der Waals surface area contributed by atoms with Gasteiger partial charge in [0.25, 0.3) is 11.5 Å². The number of aromatic nitrogens is 5. The average molecular weight is 438 g/mol. The number of carbonyl (C=O) groups excluding carboxylic acids is 1. The van der Waals surface area contributed by atoms with Gasteiger partial charge in [0.15, 0.2) is 5.82 Å². The third-order valence-electron chi connectivity index (χ3n) is 5.51. The fraction of sp³-hybridized carbons (Fsp3) is 0.381. The molecule has 0 bridgehead atoms. The number of amides is 1. The molecule has 11 nitrogen and oxygen atoms in total. The molecule has 0 saturated carbocycles. The van der Waals surface area contributed by atoms with E-state index in [1.54, 1.807) is 13.1 Å². The van der Waals surface area contributed by atoms with Gasteiger partial charge in [0.05, 0.1) is 17.1 Å². The minimum atomic E-state index is -0.217. The molecular formula is C21H27N9O2. The van der Waals surface area contributed by atoms with Gasteiger partial charge in [-0.25, -0.2) is 9.97 Å². The highest BCUT2D eigenvalue weighted by Gasteiger charge is 2.21. The first-order valence-corrected chi connectivity index (χ1v) is 10.5. The van der Waals surface area contributed by atoms with E-state index in [1.165, 1.54) is 12.3 Å². The summed E-state index contributed by atoms with van der Waals surface area (Å²) in [6.45, 7) is 6.26. The number of carbonyl (C=O) groups is 1. The topological polar surface area (TPSA) is 124 Å². The third kappa shape index (κ3) is 4.78. The molecule has 1 aliphatic heterocycles. The van der Waals surface area contributed by atoms with Crippen molar-refractivity contribution < 1.29 is 4.79 Å². The lowest BCUT2D eigenvalue weighted by Crippen LogP contribution is -2.46. The van der Waals surface area contributed by atoms with Gasteiger partial charge in [-0.3, -0.25) is 24.2 Å². The molecule has 0 aliphatic carbocycles. The quantitative estimate of drug-likeness (QED) is 0.513. The highest BCUT2D eigenvalue weighted by molar-refractivity contribution is 5.92. The normalized spacial score (nSPS) is 14.4. The number of piperazine rings is 1. The van der Waals surface area contributed by atoms with Crippen LogP contribution >= 0.6 is 0 Å². The van der Waals surface area contributed by atoms with Gasteiger partial charge in [-0.05, 0) is 19.1 Å². The highest BCUT2D eigenvalue weighted by Crippen LogP contribution is 2.21. The molecule has 3 aromatic rings. The molecule has 0 radical (unpaired) electrons. The molecule has 1 aliphatic rings. The fourth-order valence-corrected chi connectivity index (χ4v) is 3.79. The number of H-pyrrole nitrogens is 1. The first-order chi connectivity index (χ1) is 15.4. The van der Waals surface area contributed by atoms with Gasteiger partial charge < -0.3 is 15.5 Å². The van der Waals surface area contributed by atoms with Crippen LogP contribution in [0.1, 0.15) is 21.9 Å². The van der Waals surface area contributed by atoms with Crippen molar-refractivity contribution in [3.63, 3.8) is 0 Å². The van der Waals surface area contributed by atoms with Crippen LogP contribution in [-0.4, -0.2) is 68.8 Å². The Morgan fingerprint density at radius 1 is 1.19 bits per heavy atom. The smallest absolute Gasteiger partial charge is 0.269 e. The van der Waals surface area contributed by atoms with E-state index in [1.807, 2.05) is 30.8 Å². The van der Waals surface area contributed by atoms with Crippen LogP contribution in [0.4, 0.5) is 17.5 Å². The molecule has 3 N–H and O–H groups in total. The van der Waals surface area contributed by atoms with E-state index in [0.717, 1.165) is 49.8 Å². The SMILES string of the molecule is CNC(=O)c1ccc(N2CCN(Cc3cc(Nc4nccc(=O)[nH]4)nn3C)CC2)c(C)n1. The Labute approximate surface area is 185 Å². The summed E-state index contributed by atoms with van der Waals surface area (Å²) in [4.78, 5) is 39.1. The minimum Gasteiger partial charge on any atom is -0.368 e. The Balaban J connectivity index is 1.36. The van der Waals surface area contributed by atoms with Crippen molar-refractivity contribution >= 4 is 23.4 Å². The predicted octanol–water partition coefficient (Wildman–Crippen LogP) is 0.632. The van der Waals surface area contributed by atoms with Gasteiger partial charge in [0, 0.05) is 65.1 Å². The van der Waals surface area contributed by atoms with E-state index < -0.39 is 0 Å². The van der Waals surface area contributed by atoms with E-state index in [4.69, 9.17) is 0 Å². The van der Waals surface area contributed by atoms with Crippen molar-refractivity contribution in [1.82, 2.24) is 34.9 Å². The zero-order valence-electron chi connectivity index (χ0n) is 18.4. The number of hydrogen-bond acceptors (Lipinski definition) is 8. The first-order valence-electron chi connectivity index (χ1n) is 10.5. The number of nitrogens with one attached hydrogen (secondary N) is 3. The predicted molar refractivity (Wildman–Crippen MR) is 121 cm³/mol. The van der Waals surface area contributed by atoms with Gasteiger partial charge in [-0.15, -0.1) is 0 Å².